The molecule has 0 saturated heterocycles. The van der Waals surface area contributed by atoms with E-state index in [2.05, 4.69) is 32.5 Å². The Morgan fingerprint density at radius 2 is 1.46 bits per heavy atom. The molecule has 0 aliphatic heterocycles. The van der Waals surface area contributed by atoms with Crippen LogP contribution in [0.15, 0.2) is 65.7 Å². The molecule has 0 atom stereocenters. The lowest BCUT2D eigenvalue weighted by molar-refractivity contribution is 0.580. The number of hydrogen-bond donors (Lipinski definition) is 3. The summed E-state index contributed by atoms with van der Waals surface area (Å²) in [5.41, 5.74) is 2.17. The van der Waals surface area contributed by atoms with Crippen LogP contribution < -0.4 is 15.4 Å². The standard InChI is InChI=1S/C19H26N4O2S/c1-20-19(21-13-12-17-8-4-2-5-9-17)22-14-15-26(24,25)23-16-18-10-6-3-7-11-18/h2-11,23H,12-16H2,1H3,(H2,20,21,22). The van der Waals surface area contributed by atoms with Crippen LogP contribution in [0.2, 0.25) is 0 Å². The first-order valence-corrected chi connectivity index (χ1v) is 10.2. The van der Waals surface area contributed by atoms with Crippen molar-refractivity contribution in [3.8, 4) is 0 Å². The lowest BCUT2D eigenvalue weighted by atomic mass is 10.1. The highest BCUT2D eigenvalue weighted by Crippen LogP contribution is 1.99. The summed E-state index contributed by atoms with van der Waals surface area (Å²) in [5, 5.41) is 6.22. The largest absolute Gasteiger partial charge is 0.356 e. The fourth-order valence-electron chi connectivity index (χ4n) is 2.36. The summed E-state index contributed by atoms with van der Waals surface area (Å²) in [6, 6.07) is 19.6. The molecule has 3 N–H and O–H groups in total. The fraction of sp³-hybridized carbons (Fsp3) is 0.316. The monoisotopic (exact) mass is 374 g/mol. The Balaban J connectivity index is 1.67. The zero-order chi connectivity index (χ0) is 18.7. The predicted octanol–water partition coefficient (Wildman–Crippen LogP) is 1.51. The molecule has 0 fully saturated rings. The molecule has 26 heavy (non-hydrogen) atoms. The predicted molar refractivity (Wildman–Crippen MR) is 107 cm³/mol. The molecule has 0 aromatic heterocycles. The molecule has 7 heteroatoms. The number of nitrogens with one attached hydrogen (secondary N) is 3. The van der Waals surface area contributed by atoms with Crippen molar-refractivity contribution in [2.45, 2.75) is 13.0 Å². The number of nitrogens with zero attached hydrogens (tertiary/aromatic N) is 1. The summed E-state index contributed by atoms with van der Waals surface area (Å²) in [4.78, 5) is 4.11. The minimum Gasteiger partial charge on any atom is -0.356 e. The second kappa shape index (κ2) is 10.6. The number of hydrogen-bond acceptors (Lipinski definition) is 3. The van der Waals surface area contributed by atoms with E-state index in [1.807, 2.05) is 48.5 Å². The fourth-order valence-corrected chi connectivity index (χ4v) is 3.26. The van der Waals surface area contributed by atoms with Crippen LogP contribution in [0.5, 0.6) is 0 Å². The van der Waals surface area contributed by atoms with Gasteiger partial charge in [0.05, 0.1) is 5.75 Å². The van der Waals surface area contributed by atoms with E-state index < -0.39 is 10.0 Å². The lowest BCUT2D eigenvalue weighted by Gasteiger charge is -2.12. The van der Waals surface area contributed by atoms with Crippen LogP contribution in [-0.4, -0.2) is 40.3 Å². The molecule has 2 rings (SSSR count). The summed E-state index contributed by atoms with van der Waals surface area (Å²) in [7, 11) is -1.68. The third kappa shape index (κ3) is 7.67. The molecule has 0 amide bonds. The van der Waals surface area contributed by atoms with Gasteiger partial charge in [-0.25, -0.2) is 13.1 Å². The molecule has 0 aliphatic rings. The Kier molecular flexibility index (Phi) is 8.11. The average Bonchev–Trinajstić information content (AvgIpc) is 2.67. The van der Waals surface area contributed by atoms with Crippen LogP contribution in [0, 0.1) is 0 Å². The Morgan fingerprint density at radius 1 is 0.885 bits per heavy atom. The highest BCUT2D eigenvalue weighted by molar-refractivity contribution is 7.89. The quantitative estimate of drug-likeness (QED) is 0.459. The summed E-state index contributed by atoms with van der Waals surface area (Å²) >= 11 is 0. The van der Waals surface area contributed by atoms with E-state index in [0.717, 1.165) is 18.5 Å². The third-order valence-electron chi connectivity index (χ3n) is 3.77. The van der Waals surface area contributed by atoms with Gasteiger partial charge in [0.2, 0.25) is 10.0 Å². The lowest BCUT2D eigenvalue weighted by Crippen LogP contribution is -2.41. The maximum atomic E-state index is 12.1. The summed E-state index contributed by atoms with van der Waals surface area (Å²) in [6.45, 7) is 1.31. The molecule has 0 spiro atoms. The molecule has 0 bridgehead atoms. The first kappa shape index (κ1) is 19.9. The Hall–Kier alpha value is -2.38. The van der Waals surface area contributed by atoms with Gasteiger partial charge in [-0.05, 0) is 17.5 Å². The smallest absolute Gasteiger partial charge is 0.213 e. The van der Waals surface area contributed by atoms with Crippen molar-refractivity contribution < 1.29 is 8.42 Å². The van der Waals surface area contributed by atoms with Gasteiger partial charge in [0.1, 0.15) is 0 Å². The maximum absolute atomic E-state index is 12.1. The SMILES string of the molecule is CN=C(NCCc1ccccc1)NCCS(=O)(=O)NCc1ccccc1. The molecule has 2 aromatic carbocycles. The van der Waals surface area contributed by atoms with E-state index in [4.69, 9.17) is 0 Å². The van der Waals surface area contributed by atoms with Crippen molar-refractivity contribution in [1.82, 2.24) is 15.4 Å². The molecular weight excluding hydrogens is 348 g/mol. The molecule has 6 nitrogen and oxygen atoms in total. The van der Waals surface area contributed by atoms with Crippen LogP contribution in [-0.2, 0) is 23.0 Å². The molecule has 0 radical (unpaired) electrons. The summed E-state index contributed by atoms with van der Waals surface area (Å²) in [5.74, 6) is 0.582. The minimum absolute atomic E-state index is 0.0147. The van der Waals surface area contributed by atoms with Gasteiger partial charge in [0.25, 0.3) is 0 Å². The number of rotatable bonds is 9. The van der Waals surface area contributed by atoms with E-state index in [1.165, 1.54) is 5.56 Å². The average molecular weight is 375 g/mol. The first-order valence-electron chi connectivity index (χ1n) is 8.59. The van der Waals surface area contributed by atoms with Gasteiger partial charge in [0.15, 0.2) is 5.96 Å². The van der Waals surface area contributed by atoms with Crippen LogP contribution in [0.1, 0.15) is 11.1 Å². The van der Waals surface area contributed by atoms with Gasteiger partial charge in [-0.15, -0.1) is 0 Å². The zero-order valence-corrected chi connectivity index (χ0v) is 15.8. The summed E-state index contributed by atoms with van der Waals surface area (Å²) < 4.78 is 26.7. The van der Waals surface area contributed by atoms with E-state index in [9.17, 15) is 8.42 Å². The number of sulfonamides is 1. The van der Waals surface area contributed by atoms with Crippen LogP contribution in [0.25, 0.3) is 0 Å². The van der Waals surface area contributed by atoms with Gasteiger partial charge < -0.3 is 10.6 Å². The van der Waals surface area contributed by atoms with Crippen LogP contribution in [0.4, 0.5) is 0 Å². The van der Waals surface area contributed by atoms with Gasteiger partial charge in [-0.3, -0.25) is 4.99 Å². The van der Waals surface area contributed by atoms with Crippen molar-refractivity contribution >= 4 is 16.0 Å². The van der Waals surface area contributed by atoms with Crippen molar-refractivity contribution in [1.29, 1.82) is 0 Å². The molecule has 0 unspecified atom stereocenters. The molecule has 0 aliphatic carbocycles. The van der Waals surface area contributed by atoms with Crippen molar-refractivity contribution in [2.24, 2.45) is 4.99 Å². The van der Waals surface area contributed by atoms with E-state index in [-0.39, 0.29) is 12.3 Å². The number of aliphatic imine (C=N–C) groups is 1. The molecular formula is C19H26N4O2S. The molecule has 140 valence electrons. The zero-order valence-electron chi connectivity index (χ0n) is 15.0. The van der Waals surface area contributed by atoms with Crippen LogP contribution >= 0.6 is 0 Å². The number of benzene rings is 2. The minimum atomic E-state index is -3.34. The first-order chi connectivity index (χ1) is 12.6. The molecule has 0 saturated carbocycles. The van der Waals surface area contributed by atoms with Crippen molar-refractivity contribution in [2.75, 3.05) is 25.9 Å². The number of guanidine groups is 1. The molecule has 2 aromatic rings. The highest BCUT2D eigenvalue weighted by atomic mass is 32.2. The van der Waals surface area contributed by atoms with Gasteiger partial charge >= 0.3 is 0 Å². The van der Waals surface area contributed by atoms with E-state index in [1.54, 1.807) is 7.05 Å². The normalized spacial score (nSPS) is 12.0. The van der Waals surface area contributed by atoms with Crippen molar-refractivity contribution in [3.63, 3.8) is 0 Å². The van der Waals surface area contributed by atoms with Gasteiger partial charge in [0, 0.05) is 26.7 Å². The second-order valence-corrected chi connectivity index (χ2v) is 7.71. The molecule has 0 heterocycles. The van der Waals surface area contributed by atoms with Crippen molar-refractivity contribution in [3.05, 3.63) is 71.8 Å². The third-order valence-corrected chi connectivity index (χ3v) is 5.10. The van der Waals surface area contributed by atoms with Gasteiger partial charge in [-0.1, -0.05) is 60.7 Å². The summed E-state index contributed by atoms with van der Waals surface area (Å²) in [6.07, 6.45) is 0.873. The maximum Gasteiger partial charge on any atom is 0.213 e. The second-order valence-electron chi connectivity index (χ2n) is 5.79. The highest BCUT2D eigenvalue weighted by Gasteiger charge is 2.10. The topological polar surface area (TPSA) is 82.6 Å². The van der Waals surface area contributed by atoms with Crippen LogP contribution in [0.3, 0.4) is 0 Å². The Labute approximate surface area is 155 Å². The van der Waals surface area contributed by atoms with Gasteiger partial charge in [-0.2, -0.15) is 0 Å². The Morgan fingerprint density at radius 3 is 2.08 bits per heavy atom. The Bertz CT molecular complexity index is 778. The van der Waals surface area contributed by atoms with E-state index >= 15 is 0 Å². The van der Waals surface area contributed by atoms with E-state index in [0.29, 0.717) is 12.5 Å².